The molecule has 11 heavy (non-hydrogen) atoms. The van der Waals surface area contributed by atoms with E-state index in [9.17, 15) is 0 Å². The summed E-state index contributed by atoms with van der Waals surface area (Å²) in [5, 5.41) is 0.794. The van der Waals surface area contributed by atoms with Crippen LogP contribution in [0.15, 0.2) is 18.6 Å². The van der Waals surface area contributed by atoms with Gasteiger partial charge in [0, 0.05) is 5.39 Å². The van der Waals surface area contributed by atoms with Crippen LogP contribution < -0.4 is 5.73 Å². The molecule has 0 bridgehead atoms. The molecular weight excluding hydrogens is 140 g/mol. The molecule has 2 heterocycles. The van der Waals surface area contributed by atoms with Gasteiger partial charge in [-0.1, -0.05) is 0 Å². The lowest BCUT2D eigenvalue weighted by Crippen LogP contribution is -1.92. The van der Waals surface area contributed by atoms with Gasteiger partial charge in [-0.05, 0) is 6.07 Å². The van der Waals surface area contributed by atoms with E-state index in [4.69, 9.17) is 5.73 Å². The zero-order chi connectivity index (χ0) is 7.68. The van der Waals surface area contributed by atoms with Crippen molar-refractivity contribution in [3.05, 3.63) is 24.8 Å². The average Bonchev–Trinajstić information content (AvgIpc) is 2.06. The lowest BCUT2D eigenvalue weighted by molar-refractivity contribution is 1.21. The van der Waals surface area contributed by atoms with Gasteiger partial charge in [0.15, 0.2) is 0 Å². The Morgan fingerprint density at radius 1 is 1.36 bits per heavy atom. The second-order valence-corrected chi connectivity index (χ2v) is 2.09. The smallest absolute Gasteiger partial charge is 0.134 e. The Bertz CT molecular complexity index is 380. The maximum Gasteiger partial charge on any atom is 0.134 e. The van der Waals surface area contributed by atoms with Crippen LogP contribution in [0.4, 0.5) is 5.82 Å². The Labute approximate surface area is 63.1 Å². The summed E-state index contributed by atoms with van der Waals surface area (Å²) in [4.78, 5) is 11.6. The van der Waals surface area contributed by atoms with E-state index in [1.807, 2.05) is 0 Å². The largest absolute Gasteiger partial charge is 0.383 e. The summed E-state index contributed by atoms with van der Waals surface area (Å²) in [6, 6.07) is 1.67. The van der Waals surface area contributed by atoms with Gasteiger partial charge in [0.2, 0.25) is 0 Å². The molecule has 4 nitrogen and oxygen atoms in total. The van der Waals surface area contributed by atoms with Crippen LogP contribution in [0.5, 0.6) is 0 Å². The molecule has 0 unspecified atom stereocenters. The number of anilines is 1. The molecule has 53 valence electrons. The van der Waals surface area contributed by atoms with E-state index in [-0.39, 0.29) is 0 Å². The van der Waals surface area contributed by atoms with Crippen molar-refractivity contribution in [1.82, 2.24) is 15.0 Å². The first-order valence-electron chi connectivity index (χ1n) is 3.10. The molecule has 0 aliphatic heterocycles. The standard InChI is InChI=1S/C7H5N4/c8-7-5-1-2-9-3-6(5)10-4-11-7/h1,3-4H,(H2,8,10,11). The summed E-state index contributed by atoms with van der Waals surface area (Å²) in [5.74, 6) is 0.466. The molecule has 0 amide bonds. The van der Waals surface area contributed by atoms with Crippen molar-refractivity contribution >= 4 is 16.7 Å². The first-order valence-corrected chi connectivity index (χ1v) is 3.10. The molecule has 0 saturated carbocycles. The second-order valence-electron chi connectivity index (χ2n) is 2.09. The van der Waals surface area contributed by atoms with Crippen LogP contribution in [0, 0.1) is 6.20 Å². The topological polar surface area (TPSA) is 64.7 Å². The van der Waals surface area contributed by atoms with Gasteiger partial charge >= 0.3 is 0 Å². The van der Waals surface area contributed by atoms with Gasteiger partial charge in [-0.3, -0.25) is 4.98 Å². The number of aromatic nitrogens is 3. The Hall–Kier alpha value is -1.71. The van der Waals surface area contributed by atoms with Crippen molar-refractivity contribution in [2.75, 3.05) is 5.73 Å². The minimum Gasteiger partial charge on any atom is -0.383 e. The lowest BCUT2D eigenvalue weighted by Gasteiger charge is -1.95. The van der Waals surface area contributed by atoms with Crippen LogP contribution in [-0.4, -0.2) is 15.0 Å². The minimum absolute atomic E-state index is 0.466. The van der Waals surface area contributed by atoms with Crippen LogP contribution in [0.2, 0.25) is 0 Å². The fourth-order valence-electron chi connectivity index (χ4n) is 0.875. The Morgan fingerprint density at radius 2 is 2.27 bits per heavy atom. The van der Waals surface area contributed by atoms with E-state index in [0.29, 0.717) is 5.82 Å². The zero-order valence-corrected chi connectivity index (χ0v) is 5.65. The van der Waals surface area contributed by atoms with E-state index in [2.05, 4.69) is 21.1 Å². The van der Waals surface area contributed by atoms with Crippen LogP contribution in [0.1, 0.15) is 0 Å². The predicted molar refractivity (Wildman–Crippen MR) is 40.6 cm³/mol. The molecular formula is C7H5N4. The number of hydrogen-bond acceptors (Lipinski definition) is 4. The summed E-state index contributed by atoms with van der Waals surface area (Å²) in [6.07, 6.45) is 5.69. The maximum atomic E-state index is 5.56. The highest BCUT2D eigenvalue weighted by molar-refractivity contribution is 5.86. The van der Waals surface area contributed by atoms with Gasteiger partial charge in [-0.25, -0.2) is 9.97 Å². The van der Waals surface area contributed by atoms with Crippen molar-refractivity contribution in [3.8, 4) is 0 Å². The van der Waals surface area contributed by atoms with Gasteiger partial charge in [0.1, 0.15) is 12.1 Å². The number of nitrogens with two attached hydrogens (primary N) is 1. The Balaban J connectivity index is 2.91. The van der Waals surface area contributed by atoms with E-state index in [1.54, 1.807) is 12.3 Å². The molecule has 0 aromatic carbocycles. The minimum atomic E-state index is 0.466. The lowest BCUT2D eigenvalue weighted by atomic mass is 10.3. The number of fused-ring (bicyclic) bond motifs is 1. The second kappa shape index (κ2) is 2.16. The summed E-state index contributed by atoms with van der Waals surface area (Å²) >= 11 is 0. The monoisotopic (exact) mass is 145 g/mol. The molecule has 1 radical (unpaired) electrons. The summed E-state index contributed by atoms with van der Waals surface area (Å²) in [6.45, 7) is 0. The van der Waals surface area contributed by atoms with Crippen LogP contribution in [-0.2, 0) is 0 Å². The van der Waals surface area contributed by atoms with Crippen molar-refractivity contribution in [3.63, 3.8) is 0 Å². The van der Waals surface area contributed by atoms with Gasteiger partial charge in [-0.15, -0.1) is 0 Å². The van der Waals surface area contributed by atoms with Crippen molar-refractivity contribution < 1.29 is 0 Å². The Kier molecular flexibility index (Phi) is 1.18. The third-order valence-electron chi connectivity index (χ3n) is 1.42. The van der Waals surface area contributed by atoms with Crippen LogP contribution in [0.25, 0.3) is 10.9 Å². The number of nitrogens with zero attached hydrogens (tertiary/aromatic N) is 3. The molecule has 0 atom stereocenters. The molecule has 0 spiro atoms. The molecule has 0 fully saturated rings. The van der Waals surface area contributed by atoms with Crippen LogP contribution in [0.3, 0.4) is 0 Å². The maximum absolute atomic E-state index is 5.56. The number of hydrogen-bond donors (Lipinski definition) is 1. The van der Waals surface area contributed by atoms with Crippen molar-refractivity contribution in [1.29, 1.82) is 0 Å². The molecule has 2 rings (SSSR count). The van der Waals surface area contributed by atoms with Gasteiger partial charge in [0.25, 0.3) is 0 Å². The average molecular weight is 145 g/mol. The fraction of sp³-hybridized carbons (Fsp3) is 0. The fourth-order valence-corrected chi connectivity index (χ4v) is 0.875. The third kappa shape index (κ3) is 0.881. The van der Waals surface area contributed by atoms with E-state index >= 15 is 0 Å². The third-order valence-corrected chi connectivity index (χ3v) is 1.42. The number of nitrogen functional groups attached to an aromatic ring is 1. The molecule has 0 aliphatic rings. The molecule has 0 saturated heterocycles. The molecule has 2 aromatic heterocycles. The van der Waals surface area contributed by atoms with E-state index < -0.39 is 0 Å². The molecule has 4 heteroatoms. The van der Waals surface area contributed by atoms with E-state index in [0.717, 1.165) is 10.9 Å². The van der Waals surface area contributed by atoms with Crippen molar-refractivity contribution in [2.45, 2.75) is 0 Å². The van der Waals surface area contributed by atoms with Gasteiger partial charge in [-0.2, -0.15) is 0 Å². The normalized spacial score (nSPS) is 10.2. The summed E-state index contributed by atoms with van der Waals surface area (Å²) in [7, 11) is 0. The highest BCUT2D eigenvalue weighted by Gasteiger charge is 1.96. The highest BCUT2D eigenvalue weighted by Crippen LogP contribution is 2.12. The van der Waals surface area contributed by atoms with E-state index in [1.165, 1.54) is 6.33 Å². The molecule has 0 aliphatic carbocycles. The SMILES string of the molecule is Nc1ncnc2cn[c]cc12. The molecule has 2 aromatic rings. The summed E-state index contributed by atoms with van der Waals surface area (Å²) < 4.78 is 0. The zero-order valence-electron chi connectivity index (χ0n) is 5.65. The van der Waals surface area contributed by atoms with Gasteiger partial charge in [0.05, 0.1) is 17.9 Å². The quantitative estimate of drug-likeness (QED) is 0.583. The van der Waals surface area contributed by atoms with Gasteiger partial charge < -0.3 is 5.73 Å². The first kappa shape index (κ1) is 6.03. The number of pyridine rings is 1. The Morgan fingerprint density at radius 3 is 3.09 bits per heavy atom. The first-order chi connectivity index (χ1) is 5.38. The van der Waals surface area contributed by atoms with Crippen LogP contribution >= 0.6 is 0 Å². The highest BCUT2D eigenvalue weighted by atomic mass is 14.9. The molecule has 2 N–H and O–H groups in total. The summed E-state index contributed by atoms with van der Waals surface area (Å²) in [5.41, 5.74) is 6.30. The number of rotatable bonds is 0. The van der Waals surface area contributed by atoms with Crippen molar-refractivity contribution in [2.24, 2.45) is 0 Å². The predicted octanol–water partition coefficient (Wildman–Crippen LogP) is 0.407.